The summed E-state index contributed by atoms with van der Waals surface area (Å²) in [4.78, 5) is 27.6. The first kappa shape index (κ1) is 21.7. The van der Waals surface area contributed by atoms with Gasteiger partial charge in [0.2, 0.25) is 11.8 Å². The zero-order chi connectivity index (χ0) is 20.4. The molecular weight excluding hydrogens is 348 g/mol. The van der Waals surface area contributed by atoms with Gasteiger partial charge in [0.25, 0.3) is 0 Å². The molecule has 0 heterocycles. The zero-order valence-electron chi connectivity index (χ0n) is 17.3. The van der Waals surface area contributed by atoms with Gasteiger partial charge < -0.3 is 10.2 Å². The third-order valence-electron chi connectivity index (χ3n) is 4.86. The van der Waals surface area contributed by atoms with Gasteiger partial charge in [0.05, 0.1) is 6.42 Å². The molecule has 0 spiro atoms. The van der Waals surface area contributed by atoms with Crippen LogP contribution in [-0.4, -0.2) is 35.8 Å². The van der Waals surface area contributed by atoms with Crippen molar-refractivity contribution in [1.29, 1.82) is 0 Å². The lowest BCUT2D eigenvalue weighted by Crippen LogP contribution is -2.50. The SMILES string of the molecule is CCCNC(=O)[C@@H](CC)N(CCc1ccccc1)C(=O)Cc1cccc(C)c1. The maximum absolute atomic E-state index is 13.2. The Labute approximate surface area is 169 Å². The molecule has 150 valence electrons. The van der Waals surface area contributed by atoms with Gasteiger partial charge in [-0.15, -0.1) is 0 Å². The molecule has 2 aromatic carbocycles. The van der Waals surface area contributed by atoms with E-state index in [1.165, 1.54) is 5.56 Å². The van der Waals surface area contributed by atoms with Crippen LogP contribution in [0.4, 0.5) is 0 Å². The van der Waals surface area contributed by atoms with E-state index in [1.807, 2.05) is 63.2 Å². The molecule has 0 saturated carbocycles. The molecule has 0 aliphatic carbocycles. The lowest BCUT2D eigenvalue weighted by atomic mass is 10.0. The van der Waals surface area contributed by atoms with Crippen LogP contribution in [0.15, 0.2) is 54.6 Å². The Morgan fingerprint density at radius 2 is 1.71 bits per heavy atom. The average molecular weight is 381 g/mol. The second-order valence-electron chi connectivity index (χ2n) is 7.20. The van der Waals surface area contributed by atoms with E-state index in [1.54, 1.807) is 4.90 Å². The third-order valence-corrected chi connectivity index (χ3v) is 4.86. The molecule has 2 aromatic rings. The lowest BCUT2D eigenvalue weighted by molar-refractivity contribution is -0.140. The second-order valence-corrected chi connectivity index (χ2v) is 7.20. The van der Waals surface area contributed by atoms with E-state index in [9.17, 15) is 9.59 Å². The molecule has 0 aliphatic rings. The van der Waals surface area contributed by atoms with Crippen molar-refractivity contribution in [3.8, 4) is 0 Å². The van der Waals surface area contributed by atoms with E-state index >= 15 is 0 Å². The number of benzene rings is 2. The van der Waals surface area contributed by atoms with Gasteiger partial charge in [0, 0.05) is 13.1 Å². The van der Waals surface area contributed by atoms with Crippen molar-refractivity contribution in [2.75, 3.05) is 13.1 Å². The quantitative estimate of drug-likeness (QED) is 0.679. The molecule has 1 atom stereocenters. The normalized spacial score (nSPS) is 11.7. The summed E-state index contributed by atoms with van der Waals surface area (Å²) in [6.07, 6.45) is 2.53. The van der Waals surface area contributed by atoms with Crippen LogP contribution in [0.1, 0.15) is 43.4 Å². The topological polar surface area (TPSA) is 49.4 Å². The minimum absolute atomic E-state index is 0.0000274. The first-order valence-corrected chi connectivity index (χ1v) is 10.2. The Hall–Kier alpha value is -2.62. The Bertz CT molecular complexity index is 758. The summed E-state index contributed by atoms with van der Waals surface area (Å²) in [5, 5.41) is 2.96. The molecule has 0 aliphatic heterocycles. The highest BCUT2D eigenvalue weighted by Gasteiger charge is 2.28. The van der Waals surface area contributed by atoms with Gasteiger partial charge >= 0.3 is 0 Å². The van der Waals surface area contributed by atoms with Gasteiger partial charge in [-0.2, -0.15) is 0 Å². The largest absolute Gasteiger partial charge is 0.354 e. The first-order chi connectivity index (χ1) is 13.5. The highest BCUT2D eigenvalue weighted by molar-refractivity contribution is 5.88. The van der Waals surface area contributed by atoms with Crippen LogP contribution in [0.25, 0.3) is 0 Å². The summed E-state index contributed by atoms with van der Waals surface area (Å²) in [5.41, 5.74) is 3.28. The fourth-order valence-corrected chi connectivity index (χ4v) is 3.36. The van der Waals surface area contributed by atoms with E-state index in [4.69, 9.17) is 0 Å². The van der Waals surface area contributed by atoms with Crippen LogP contribution >= 0.6 is 0 Å². The van der Waals surface area contributed by atoms with E-state index in [0.717, 1.165) is 24.0 Å². The number of carbonyl (C=O) groups is 2. The van der Waals surface area contributed by atoms with Crippen LogP contribution < -0.4 is 5.32 Å². The molecule has 0 saturated heterocycles. The average Bonchev–Trinajstić information content (AvgIpc) is 2.70. The summed E-state index contributed by atoms with van der Waals surface area (Å²) in [6, 6.07) is 17.7. The Balaban J connectivity index is 2.17. The summed E-state index contributed by atoms with van der Waals surface area (Å²) in [5.74, 6) is -0.0602. The summed E-state index contributed by atoms with van der Waals surface area (Å²) >= 11 is 0. The molecular formula is C24H32N2O2. The second kappa shape index (κ2) is 11.3. The van der Waals surface area contributed by atoms with Gasteiger partial charge in [-0.1, -0.05) is 74.0 Å². The summed E-state index contributed by atoms with van der Waals surface area (Å²) < 4.78 is 0. The van der Waals surface area contributed by atoms with Gasteiger partial charge in [-0.25, -0.2) is 0 Å². The predicted octanol–water partition coefficient (Wildman–Crippen LogP) is 3.91. The van der Waals surface area contributed by atoms with Crippen molar-refractivity contribution in [1.82, 2.24) is 10.2 Å². The Morgan fingerprint density at radius 3 is 2.36 bits per heavy atom. The maximum Gasteiger partial charge on any atom is 0.242 e. The fourth-order valence-electron chi connectivity index (χ4n) is 3.36. The predicted molar refractivity (Wildman–Crippen MR) is 114 cm³/mol. The van der Waals surface area contributed by atoms with Crippen molar-refractivity contribution in [3.05, 3.63) is 71.3 Å². The molecule has 1 N–H and O–H groups in total. The number of nitrogens with zero attached hydrogens (tertiary/aromatic N) is 1. The van der Waals surface area contributed by atoms with Crippen molar-refractivity contribution in [2.45, 2.75) is 52.5 Å². The van der Waals surface area contributed by atoms with Gasteiger partial charge in [0.1, 0.15) is 6.04 Å². The third kappa shape index (κ3) is 6.52. The smallest absolute Gasteiger partial charge is 0.242 e. The molecule has 2 amide bonds. The molecule has 0 bridgehead atoms. The van der Waals surface area contributed by atoms with E-state index in [2.05, 4.69) is 17.4 Å². The molecule has 4 heteroatoms. The van der Waals surface area contributed by atoms with E-state index in [0.29, 0.717) is 25.9 Å². The number of aryl methyl sites for hydroxylation is 1. The molecule has 0 radical (unpaired) electrons. The molecule has 0 aromatic heterocycles. The first-order valence-electron chi connectivity index (χ1n) is 10.2. The van der Waals surface area contributed by atoms with Gasteiger partial charge in [-0.05, 0) is 37.3 Å². The van der Waals surface area contributed by atoms with Crippen LogP contribution in [0, 0.1) is 6.92 Å². The summed E-state index contributed by atoms with van der Waals surface area (Å²) in [6.45, 7) is 7.18. The Morgan fingerprint density at radius 1 is 1.00 bits per heavy atom. The number of hydrogen-bond donors (Lipinski definition) is 1. The number of carbonyl (C=O) groups excluding carboxylic acids is 2. The minimum atomic E-state index is -0.437. The highest BCUT2D eigenvalue weighted by atomic mass is 16.2. The summed E-state index contributed by atoms with van der Waals surface area (Å²) in [7, 11) is 0. The molecule has 4 nitrogen and oxygen atoms in total. The van der Waals surface area contributed by atoms with Crippen molar-refractivity contribution >= 4 is 11.8 Å². The zero-order valence-corrected chi connectivity index (χ0v) is 17.3. The monoisotopic (exact) mass is 380 g/mol. The molecule has 2 rings (SSSR count). The number of amides is 2. The van der Waals surface area contributed by atoms with Crippen molar-refractivity contribution < 1.29 is 9.59 Å². The fraction of sp³-hybridized carbons (Fsp3) is 0.417. The van der Waals surface area contributed by atoms with Crippen LogP contribution in [-0.2, 0) is 22.4 Å². The van der Waals surface area contributed by atoms with E-state index in [-0.39, 0.29) is 11.8 Å². The molecule has 28 heavy (non-hydrogen) atoms. The van der Waals surface area contributed by atoms with Crippen molar-refractivity contribution in [3.63, 3.8) is 0 Å². The van der Waals surface area contributed by atoms with E-state index < -0.39 is 6.04 Å². The lowest BCUT2D eigenvalue weighted by Gasteiger charge is -2.30. The number of nitrogens with one attached hydrogen (secondary N) is 1. The molecule has 0 unspecified atom stereocenters. The maximum atomic E-state index is 13.2. The standard InChI is InChI=1S/C24H32N2O2/c1-4-15-25-24(28)22(5-2)26(16-14-20-11-7-6-8-12-20)23(27)18-21-13-9-10-19(3)17-21/h6-13,17,22H,4-5,14-16,18H2,1-3H3,(H,25,28)/t22-/m1/s1. The Kier molecular flexibility index (Phi) is 8.73. The van der Waals surface area contributed by atoms with Crippen LogP contribution in [0.3, 0.4) is 0 Å². The molecule has 0 fully saturated rings. The van der Waals surface area contributed by atoms with Gasteiger partial charge in [0.15, 0.2) is 0 Å². The highest BCUT2D eigenvalue weighted by Crippen LogP contribution is 2.13. The van der Waals surface area contributed by atoms with Gasteiger partial charge in [-0.3, -0.25) is 9.59 Å². The minimum Gasteiger partial charge on any atom is -0.354 e. The number of hydrogen-bond acceptors (Lipinski definition) is 2. The number of rotatable bonds is 10. The van der Waals surface area contributed by atoms with Crippen LogP contribution in [0.2, 0.25) is 0 Å². The van der Waals surface area contributed by atoms with Crippen molar-refractivity contribution in [2.24, 2.45) is 0 Å². The van der Waals surface area contributed by atoms with Crippen LogP contribution in [0.5, 0.6) is 0 Å².